The first kappa shape index (κ1) is 11.8. The Balaban J connectivity index is 3.13. The topological polar surface area (TPSA) is 46.5 Å². The van der Waals surface area contributed by atoms with Gasteiger partial charge in [0.1, 0.15) is 5.75 Å². The van der Waals surface area contributed by atoms with Crippen LogP contribution >= 0.6 is 0 Å². The molecular formula is C11H16O3Si. The third-order valence-electron chi connectivity index (χ3n) is 1.78. The van der Waals surface area contributed by atoms with Crippen LogP contribution in [0, 0.1) is 6.92 Å². The van der Waals surface area contributed by atoms with Gasteiger partial charge in [-0.2, -0.15) is 0 Å². The van der Waals surface area contributed by atoms with Crippen LogP contribution < -0.4 is 4.43 Å². The van der Waals surface area contributed by atoms with E-state index >= 15 is 0 Å². The van der Waals surface area contributed by atoms with Crippen molar-refractivity contribution in [2.45, 2.75) is 26.6 Å². The number of hydrogen-bond acceptors (Lipinski definition) is 2. The van der Waals surface area contributed by atoms with Gasteiger partial charge in [0.15, 0.2) is 0 Å². The molecule has 0 bridgehead atoms. The molecule has 3 nitrogen and oxygen atoms in total. The lowest BCUT2D eigenvalue weighted by atomic mass is 10.1. The minimum atomic E-state index is -1.76. The summed E-state index contributed by atoms with van der Waals surface area (Å²) in [6.45, 7) is 8.01. The second-order valence-electron chi connectivity index (χ2n) is 4.52. The minimum Gasteiger partial charge on any atom is -0.544 e. The Hall–Kier alpha value is -1.29. The van der Waals surface area contributed by atoms with Crippen molar-refractivity contribution >= 4 is 14.3 Å². The molecule has 1 aromatic rings. The SMILES string of the molecule is Cc1ccc(C(=O)O)c(O[Si](C)(C)C)c1. The summed E-state index contributed by atoms with van der Waals surface area (Å²) in [5, 5.41) is 8.99. The van der Waals surface area contributed by atoms with E-state index in [0.29, 0.717) is 5.75 Å². The normalized spacial score (nSPS) is 11.2. The molecule has 1 N–H and O–H groups in total. The minimum absolute atomic E-state index is 0.239. The Kier molecular flexibility index (Phi) is 3.19. The number of carboxylic acid groups (broad SMARTS) is 1. The van der Waals surface area contributed by atoms with Crippen LogP contribution in [0.15, 0.2) is 18.2 Å². The molecule has 0 unspecified atom stereocenters. The van der Waals surface area contributed by atoms with Crippen LogP contribution in [0.4, 0.5) is 0 Å². The molecule has 0 heterocycles. The summed E-state index contributed by atoms with van der Waals surface area (Å²) in [6.07, 6.45) is 0. The van der Waals surface area contributed by atoms with Crippen molar-refractivity contribution in [3.8, 4) is 5.75 Å². The third kappa shape index (κ3) is 3.40. The molecule has 1 rings (SSSR count). The average Bonchev–Trinajstić information content (AvgIpc) is 1.99. The number of hydrogen-bond donors (Lipinski definition) is 1. The predicted molar refractivity (Wildman–Crippen MR) is 62.1 cm³/mol. The zero-order chi connectivity index (χ0) is 11.6. The van der Waals surface area contributed by atoms with E-state index in [2.05, 4.69) is 0 Å². The fourth-order valence-electron chi connectivity index (χ4n) is 1.22. The quantitative estimate of drug-likeness (QED) is 0.803. The van der Waals surface area contributed by atoms with Crippen molar-refractivity contribution in [2.24, 2.45) is 0 Å². The number of aromatic carboxylic acids is 1. The van der Waals surface area contributed by atoms with Crippen molar-refractivity contribution in [2.75, 3.05) is 0 Å². The van der Waals surface area contributed by atoms with Gasteiger partial charge in [-0.25, -0.2) is 4.79 Å². The van der Waals surface area contributed by atoms with Crippen LogP contribution in [-0.4, -0.2) is 19.4 Å². The summed E-state index contributed by atoms with van der Waals surface area (Å²) in [6, 6.07) is 5.15. The van der Waals surface area contributed by atoms with Gasteiger partial charge in [0.25, 0.3) is 0 Å². The van der Waals surface area contributed by atoms with Crippen molar-refractivity contribution < 1.29 is 14.3 Å². The molecular weight excluding hydrogens is 208 g/mol. The molecule has 4 heteroatoms. The average molecular weight is 224 g/mol. The zero-order valence-electron chi connectivity index (χ0n) is 9.50. The maximum atomic E-state index is 11.0. The van der Waals surface area contributed by atoms with Gasteiger partial charge in [0, 0.05) is 0 Å². The van der Waals surface area contributed by atoms with Crippen LogP contribution in [0.2, 0.25) is 19.6 Å². The fraction of sp³-hybridized carbons (Fsp3) is 0.364. The number of carbonyl (C=O) groups is 1. The van der Waals surface area contributed by atoms with E-state index < -0.39 is 14.3 Å². The summed E-state index contributed by atoms with van der Waals surface area (Å²) in [7, 11) is -1.76. The molecule has 0 spiro atoms. The van der Waals surface area contributed by atoms with Gasteiger partial charge in [-0.1, -0.05) is 6.07 Å². The molecule has 0 aliphatic carbocycles. The fourth-order valence-corrected chi connectivity index (χ4v) is 2.05. The molecule has 0 atom stereocenters. The van der Waals surface area contributed by atoms with E-state index in [1.807, 2.05) is 26.6 Å². The Morgan fingerprint density at radius 2 is 1.93 bits per heavy atom. The Labute approximate surface area is 90.8 Å². The van der Waals surface area contributed by atoms with Gasteiger partial charge in [-0.05, 0) is 44.3 Å². The zero-order valence-corrected chi connectivity index (χ0v) is 10.5. The summed E-state index contributed by atoms with van der Waals surface area (Å²) < 4.78 is 5.73. The molecule has 15 heavy (non-hydrogen) atoms. The van der Waals surface area contributed by atoms with E-state index in [1.54, 1.807) is 18.2 Å². The van der Waals surface area contributed by atoms with Crippen LogP contribution in [0.25, 0.3) is 0 Å². The van der Waals surface area contributed by atoms with E-state index in [4.69, 9.17) is 9.53 Å². The molecule has 0 amide bonds. The van der Waals surface area contributed by atoms with Gasteiger partial charge >= 0.3 is 5.97 Å². The first-order valence-corrected chi connectivity index (χ1v) is 8.23. The molecule has 0 radical (unpaired) electrons. The molecule has 0 saturated heterocycles. The second kappa shape index (κ2) is 4.06. The standard InChI is InChI=1S/C11H16O3Si/c1-8-5-6-9(11(12)13)10(7-8)14-15(2,3)4/h5-7H,1-4H3,(H,12,13). The van der Waals surface area contributed by atoms with Crippen molar-refractivity contribution in [3.05, 3.63) is 29.3 Å². The van der Waals surface area contributed by atoms with Crippen LogP contribution in [0.5, 0.6) is 5.75 Å². The number of carboxylic acids is 1. The number of aryl methyl sites for hydroxylation is 1. The van der Waals surface area contributed by atoms with E-state index in [9.17, 15) is 4.79 Å². The number of benzene rings is 1. The second-order valence-corrected chi connectivity index (χ2v) is 8.95. The highest BCUT2D eigenvalue weighted by Gasteiger charge is 2.20. The largest absolute Gasteiger partial charge is 0.544 e. The van der Waals surface area contributed by atoms with Gasteiger partial charge in [0.2, 0.25) is 8.32 Å². The molecule has 82 valence electrons. The summed E-state index contributed by atoms with van der Waals surface area (Å²) in [5.41, 5.74) is 1.25. The van der Waals surface area contributed by atoms with E-state index in [0.717, 1.165) is 5.56 Å². The maximum absolute atomic E-state index is 11.0. The van der Waals surface area contributed by atoms with Crippen LogP contribution in [0.3, 0.4) is 0 Å². The molecule has 0 aromatic heterocycles. The van der Waals surface area contributed by atoms with Gasteiger partial charge in [-0.3, -0.25) is 0 Å². The first-order valence-electron chi connectivity index (χ1n) is 4.82. The molecule has 0 aliphatic heterocycles. The summed E-state index contributed by atoms with van der Waals surface area (Å²) in [4.78, 5) is 11.0. The lowest BCUT2D eigenvalue weighted by Gasteiger charge is -2.20. The predicted octanol–water partition coefficient (Wildman–Crippen LogP) is 2.91. The first-order chi connectivity index (χ1) is 6.79. The van der Waals surface area contributed by atoms with E-state index in [-0.39, 0.29) is 5.56 Å². The highest BCUT2D eigenvalue weighted by Crippen LogP contribution is 2.23. The van der Waals surface area contributed by atoms with Crippen LogP contribution in [-0.2, 0) is 0 Å². The summed E-state index contributed by atoms with van der Waals surface area (Å²) in [5.74, 6) is -0.454. The Morgan fingerprint density at radius 1 is 1.33 bits per heavy atom. The smallest absolute Gasteiger partial charge is 0.339 e. The van der Waals surface area contributed by atoms with Gasteiger partial charge < -0.3 is 9.53 Å². The number of rotatable bonds is 3. The highest BCUT2D eigenvalue weighted by atomic mass is 28.4. The van der Waals surface area contributed by atoms with Crippen molar-refractivity contribution in [1.82, 2.24) is 0 Å². The highest BCUT2D eigenvalue weighted by molar-refractivity contribution is 6.70. The van der Waals surface area contributed by atoms with Crippen LogP contribution in [0.1, 0.15) is 15.9 Å². The molecule has 0 saturated carbocycles. The Morgan fingerprint density at radius 3 is 2.40 bits per heavy atom. The Bertz CT molecular complexity index is 380. The summed E-state index contributed by atoms with van der Waals surface area (Å²) >= 11 is 0. The van der Waals surface area contributed by atoms with Gasteiger partial charge in [0.05, 0.1) is 5.56 Å². The molecule has 1 aromatic carbocycles. The van der Waals surface area contributed by atoms with Crippen molar-refractivity contribution in [1.29, 1.82) is 0 Å². The molecule has 0 aliphatic rings. The maximum Gasteiger partial charge on any atom is 0.339 e. The third-order valence-corrected chi connectivity index (χ3v) is 2.62. The monoisotopic (exact) mass is 224 g/mol. The lowest BCUT2D eigenvalue weighted by Crippen LogP contribution is -2.30. The van der Waals surface area contributed by atoms with Gasteiger partial charge in [-0.15, -0.1) is 0 Å². The van der Waals surface area contributed by atoms with E-state index in [1.165, 1.54) is 0 Å². The lowest BCUT2D eigenvalue weighted by molar-refractivity contribution is 0.0695. The molecule has 0 fully saturated rings. The van der Waals surface area contributed by atoms with Crippen molar-refractivity contribution in [3.63, 3.8) is 0 Å².